The van der Waals surface area contributed by atoms with Crippen LogP contribution < -0.4 is 4.72 Å². The molecular formula is C15H20N4O2S. The maximum absolute atomic E-state index is 12.3. The first-order valence-electron chi connectivity index (χ1n) is 7.59. The molecule has 0 bridgehead atoms. The molecule has 6 nitrogen and oxygen atoms in total. The van der Waals surface area contributed by atoms with E-state index in [0.29, 0.717) is 24.4 Å². The number of hydrogen-bond acceptors (Lipinski definition) is 4. The van der Waals surface area contributed by atoms with E-state index in [9.17, 15) is 8.42 Å². The minimum absolute atomic E-state index is 0.369. The normalized spacial score (nSPS) is 14.7. The molecule has 1 aliphatic carbocycles. The fourth-order valence-electron chi connectivity index (χ4n) is 2.76. The summed E-state index contributed by atoms with van der Waals surface area (Å²) < 4.78 is 29.0. The van der Waals surface area contributed by atoms with Gasteiger partial charge in [-0.3, -0.25) is 4.68 Å². The summed E-state index contributed by atoms with van der Waals surface area (Å²) in [5.41, 5.74) is 2.47. The Balaban J connectivity index is 1.60. The minimum Gasteiger partial charge on any atom is -0.253 e. The van der Waals surface area contributed by atoms with Crippen LogP contribution in [0.4, 0.5) is 0 Å². The van der Waals surface area contributed by atoms with Crippen LogP contribution in [0.2, 0.25) is 0 Å². The van der Waals surface area contributed by atoms with Gasteiger partial charge in [0, 0.05) is 13.1 Å². The number of nitrogens with one attached hydrogen (secondary N) is 1. The van der Waals surface area contributed by atoms with Crippen molar-refractivity contribution in [2.75, 3.05) is 6.54 Å². The van der Waals surface area contributed by atoms with Crippen molar-refractivity contribution >= 4 is 10.0 Å². The van der Waals surface area contributed by atoms with Crippen LogP contribution in [0.5, 0.6) is 0 Å². The lowest BCUT2D eigenvalue weighted by molar-refractivity contribution is 0.552. The second-order valence-corrected chi connectivity index (χ2v) is 7.31. The van der Waals surface area contributed by atoms with Crippen molar-refractivity contribution < 1.29 is 8.42 Å². The summed E-state index contributed by atoms with van der Waals surface area (Å²) in [6.07, 6.45) is 8.14. The second-order valence-electron chi connectivity index (χ2n) is 5.55. The molecule has 0 radical (unpaired) electrons. The smallest absolute Gasteiger partial charge is 0.240 e. The van der Waals surface area contributed by atoms with Crippen molar-refractivity contribution in [3.63, 3.8) is 0 Å². The van der Waals surface area contributed by atoms with Gasteiger partial charge in [-0.05, 0) is 55.4 Å². The third kappa shape index (κ3) is 3.53. The molecule has 1 N–H and O–H groups in total. The molecule has 1 aliphatic rings. The zero-order chi connectivity index (χ0) is 15.4. The Hall–Kier alpha value is -1.73. The summed E-state index contributed by atoms with van der Waals surface area (Å²) in [5.74, 6) is 0. The molecule has 1 heterocycles. The van der Waals surface area contributed by atoms with E-state index >= 15 is 0 Å². The van der Waals surface area contributed by atoms with Gasteiger partial charge >= 0.3 is 0 Å². The lowest BCUT2D eigenvalue weighted by Gasteiger charge is -2.16. The molecule has 0 fully saturated rings. The number of rotatable bonds is 6. The van der Waals surface area contributed by atoms with Gasteiger partial charge in [0.05, 0.1) is 4.90 Å². The van der Waals surface area contributed by atoms with Crippen LogP contribution in [0, 0.1) is 0 Å². The predicted molar refractivity (Wildman–Crippen MR) is 82.9 cm³/mol. The molecule has 0 spiro atoms. The van der Waals surface area contributed by atoms with E-state index in [1.165, 1.54) is 23.9 Å². The van der Waals surface area contributed by atoms with Gasteiger partial charge in [-0.15, -0.1) is 0 Å². The Labute approximate surface area is 130 Å². The monoisotopic (exact) mass is 320 g/mol. The van der Waals surface area contributed by atoms with Crippen LogP contribution in [0.3, 0.4) is 0 Å². The number of sulfonamides is 1. The summed E-state index contributed by atoms with van der Waals surface area (Å²) in [4.78, 5) is 4.22. The molecule has 118 valence electrons. The summed E-state index contributed by atoms with van der Waals surface area (Å²) in [6, 6.07) is 5.50. The Morgan fingerprint density at radius 1 is 1.18 bits per heavy atom. The first kappa shape index (κ1) is 15.2. The minimum atomic E-state index is -3.43. The zero-order valence-electron chi connectivity index (χ0n) is 12.4. The van der Waals surface area contributed by atoms with Gasteiger partial charge in [-0.1, -0.05) is 6.07 Å². The summed E-state index contributed by atoms with van der Waals surface area (Å²) in [7, 11) is -3.43. The topological polar surface area (TPSA) is 76.9 Å². The molecule has 22 heavy (non-hydrogen) atoms. The van der Waals surface area contributed by atoms with E-state index in [0.717, 1.165) is 19.3 Å². The Morgan fingerprint density at radius 2 is 2.00 bits per heavy atom. The predicted octanol–water partition coefficient (Wildman–Crippen LogP) is 1.53. The highest BCUT2D eigenvalue weighted by Crippen LogP contribution is 2.23. The molecular weight excluding hydrogens is 300 g/mol. The Kier molecular flexibility index (Phi) is 4.54. The van der Waals surface area contributed by atoms with Crippen molar-refractivity contribution in [2.45, 2.75) is 43.5 Å². The van der Waals surface area contributed by atoms with Gasteiger partial charge in [0.1, 0.15) is 12.7 Å². The van der Waals surface area contributed by atoms with Gasteiger partial charge < -0.3 is 0 Å². The van der Waals surface area contributed by atoms with E-state index in [1.54, 1.807) is 17.1 Å². The number of hydrogen-bond donors (Lipinski definition) is 1. The molecule has 1 aromatic heterocycles. The highest BCUT2D eigenvalue weighted by molar-refractivity contribution is 7.89. The average molecular weight is 320 g/mol. The van der Waals surface area contributed by atoms with E-state index < -0.39 is 10.0 Å². The fraction of sp³-hybridized carbons (Fsp3) is 0.467. The summed E-state index contributed by atoms with van der Waals surface area (Å²) in [6.45, 7) is 1.03. The van der Waals surface area contributed by atoms with E-state index in [4.69, 9.17) is 0 Å². The molecule has 3 rings (SSSR count). The number of aryl methyl sites for hydroxylation is 3. The van der Waals surface area contributed by atoms with Crippen LogP contribution in [-0.4, -0.2) is 29.7 Å². The zero-order valence-corrected chi connectivity index (χ0v) is 13.2. The van der Waals surface area contributed by atoms with Crippen LogP contribution >= 0.6 is 0 Å². The van der Waals surface area contributed by atoms with Crippen LogP contribution in [-0.2, 0) is 29.4 Å². The lowest BCUT2D eigenvalue weighted by Crippen LogP contribution is -2.26. The molecule has 0 unspecified atom stereocenters. The Bertz CT molecular complexity index is 726. The second kappa shape index (κ2) is 6.58. The number of aromatic nitrogens is 3. The van der Waals surface area contributed by atoms with Gasteiger partial charge in [0.2, 0.25) is 10.0 Å². The fourth-order valence-corrected chi connectivity index (χ4v) is 3.88. The molecule has 0 saturated carbocycles. The first-order chi connectivity index (χ1) is 10.6. The molecule has 2 aromatic rings. The number of nitrogens with zero attached hydrogens (tertiary/aromatic N) is 3. The van der Waals surface area contributed by atoms with E-state index in [-0.39, 0.29) is 0 Å². The van der Waals surface area contributed by atoms with Gasteiger partial charge in [-0.2, -0.15) is 5.10 Å². The first-order valence-corrected chi connectivity index (χ1v) is 9.07. The van der Waals surface area contributed by atoms with Crippen molar-refractivity contribution in [3.05, 3.63) is 42.0 Å². The summed E-state index contributed by atoms with van der Waals surface area (Å²) in [5, 5.41) is 3.98. The van der Waals surface area contributed by atoms with Crippen molar-refractivity contribution in [1.82, 2.24) is 19.5 Å². The highest BCUT2D eigenvalue weighted by Gasteiger charge is 2.17. The highest BCUT2D eigenvalue weighted by atomic mass is 32.2. The molecule has 0 amide bonds. The largest absolute Gasteiger partial charge is 0.253 e. The number of fused-ring (bicyclic) bond motifs is 1. The average Bonchev–Trinajstić information content (AvgIpc) is 3.04. The van der Waals surface area contributed by atoms with Crippen molar-refractivity contribution in [2.24, 2.45) is 0 Å². The molecule has 0 saturated heterocycles. The van der Waals surface area contributed by atoms with Crippen molar-refractivity contribution in [1.29, 1.82) is 0 Å². The molecule has 1 aromatic carbocycles. The summed E-state index contributed by atoms with van der Waals surface area (Å²) >= 11 is 0. The quantitative estimate of drug-likeness (QED) is 0.819. The van der Waals surface area contributed by atoms with Crippen LogP contribution in [0.15, 0.2) is 35.7 Å². The maximum atomic E-state index is 12.3. The Morgan fingerprint density at radius 3 is 2.77 bits per heavy atom. The maximum Gasteiger partial charge on any atom is 0.240 e. The molecule has 0 atom stereocenters. The molecule has 0 aliphatic heterocycles. The number of benzene rings is 1. The lowest BCUT2D eigenvalue weighted by atomic mass is 9.92. The van der Waals surface area contributed by atoms with Gasteiger partial charge in [0.25, 0.3) is 0 Å². The van der Waals surface area contributed by atoms with Gasteiger partial charge in [-0.25, -0.2) is 18.1 Å². The van der Waals surface area contributed by atoms with E-state index in [2.05, 4.69) is 14.8 Å². The third-order valence-electron chi connectivity index (χ3n) is 3.95. The third-order valence-corrected chi connectivity index (χ3v) is 5.41. The van der Waals surface area contributed by atoms with Crippen molar-refractivity contribution in [3.8, 4) is 0 Å². The molecule has 7 heteroatoms. The van der Waals surface area contributed by atoms with Crippen LogP contribution in [0.25, 0.3) is 0 Å². The SMILES string of the molecule is O=S(=O)(NCCCn1cncn1)c1ccc2c(c1)CCCC2. The van der Waals surface area contributed by atoms with Gasteiger partial charge in [0.15, 0.2) is 0 Å². The van der Waals surface area contributed by atoms with E-state index in [1.807, 2.05) is 12.1 Å². The van der Waals surface area contributed by atoms with Crippen LogP contribution in [0.1, 0.15) is 30.4 Å². The standard InChI is InChI=1S/C15H20N4O2S/c20-22(21,18-8-3-9-19-12-16-11-17-19)15-7-6-13-4-1-2-5-14(13)10-15/h6-7,10-12,18H,1-5,8-9H2.